The molecule has 0 aromatic carbocycles. The van der Waals surface area contributed by atoms with Crippen LogP contribution in [0.3, 0.4) is 0 Å². The monoisotopic (exact) mass is 556 g/mol. The van der Waals surface area contributed by atoms with E-state index in [0.717, 1.165) is 51.4 Å². The average Bonchev–Trinajstić information content (AvgIpc) is 3.62. The van der Waals surface area contributed by atoms with Crippen molar-refractivity contribution in [3.63, 3.8) is 0 Å². The number of carbonyl (C=O) groups excluding carboxylic acids is 1. The van der Waals surface area contributed by atoms with Gasteiger partial charge in [0, 0.05) is 18.0 Å². The van der Waals surface area contributed by atoms with Gasteiger partial charge in [-0.2, -0.15) is 5.10 Å². The number of carbonyl (C=O) groups is 1. The van der Waals surface area contributed by atoms with Crippen LogP contribution in [-0.4, -0.2) is 42.9 Å². The lowest BCUT2D eigenvalue weighted by molar-refractivity contribution is 0.102. The van der Waals surface area contributed by atoms with Gasteiger partial charge in [0.25, 0.3) is 12.3 Å². The number of aliphatic hydroxyl groups excluding tert-OH is 1. The number of alkyl halides is 2. The number of nitrogens with zero attached hydrogens (tertiary/aromatic N) is 4. The van der Waals surface area contributed by atoms with E-state index in [1.807, 2.05) is 0 Å². The van der Waals surface area contributed by atoms with Crippen LogP contribution in [0.15, 0.2) is 35.2 Å². The highest BCUT2D eigenvalue weighted by atomic mass is 19.3. The molecule has 0 saturated heterocycles. The molecule has 2 aliphatic rings. The number of aliphatic hydroxyl groups is 1. The van der Waals surface area contributed by atoms with E-state index >= 15 is 0 Å². The van der Waals surface area contributed by atoms with Crippen molar-refractivity contribution in [1.82, 2.24) is 19.7 Å². The maximum atomic E-state index is 13.8. The number of rotatable bonds is 10. The van der Waals surface area contributed by atoms with Crippen molar-refractivity contribution < 1.29 is 23.1 Å². The van der Waals surface area contributed by atoms with Crippen molar-refractivity contribution >= 4 is 17.4 Å². The molecule has 3 aromatic heterocycles. The van der Waals surface area contributed by atoms with Crippen LogP contribution in [0.25, 0.3) is 11.5 Å². The van der Waals surface area contributed by atoms with Gasteiger partial charge in [-0.3, -0.25) is 9.48 Å². The number of hydrogen-bond acceptors (Lipinski definition) is 7. The van der Waals surface area contributed by atoms with Crippen molar-refractivity contribution in [3.05, 3.63) is 42.2 Å². The van der Waals surface area contributed by atoms with Crippen LogP contribution in [0.2, 0.25) is 0 Å². The maximum Gasteiger partial charge on any atom is 0.284 e. The van der Waals surface area contributed by atoms with Gasteiger partial charge in [0.05, 0.1) is 23.9 Å². The summed E-state index contributed by atoms with van der Waals surface area (Å²) in [5.41, 5.74) is 0.102. The second kappa shape index (κ2) is 12.9. The molecule has 3 heterocycles. The van der Waals surface area contributed by atoms with Crippen LogP contribution in [-0.2, 0) is 0 Å². The summed E-state index contributed by atoms with van der Waals surface area (Å²) < 4.78 is 34.8. The van der Waals surface area contributed by atoms with Crippen LogP contribution >= 0.6 is 0 Å². The highest BCUT2D eigenvalue weighted by Crippen LogP contribution is 2.36. The van der Waals surface area contributed by atoms with E-state index in [-0.39, 0.29) is 29.4 Å². The molecule has 3 N–H and O–H groups in total. The van der Waals surface area contributed by atoms with Gasteiger partial charge in [0.1, 0.15) is 12.1 Å². The second-order valence-electron chi connectivity index (χ2n) is 11.0. The Labute approximate surface area is 232 Å². The molecule has 2 atom stereocenters. The first kappa shape index (κ1) is 28.2. The molecule has 216 valence electrons. The highest BCUT2D eigenvalue weighted by molar-refractivity contribution is 6.03. The number of pyridine rings is 1. The van der Waals surface area contributed by atoms with Crippen LogP contribution in [0.5, 0.6) is 0 Å². The van der Waals surface area contributed by atoms with Crippen molar-refractivity contribution in [2.24, 2.45) is 5.92 Å². The van der Waals surface area contributed by atoms with Crippen LogP contribution in [0.4, 0.5) is 20.3 Å². The number of oxazole rings is 1. The number of amides is 1. The minimum absolute atomic E-state index is 0.0147. The van der Waals surface area contributed by atoms with Gasteiger partial charge in [-0.1, -0.05) is 39.0 Å². The quantitative estimate of drug-likeness (QED) is 0.252. The Hall–Kier alpha value is -3.34. The normalized spacial score (nSPS) is 23.3. The molecule has 40 heavy (non-hydrogen) atoms. The summed E-state index contributed by atoms with van der Waals surface area (Å²) in [5.74, 6) is 0.802. The van der Waals surface area contributed by atoms with Crippen LogP contribution in [0, 0.1) is 5.92 Å². The molecule has 5 rings (SSSR count). The fourth-order valence-corrected chi connectivity index (χ4v) is 5.85. The molecule has 0 spiro atoms. The Balaban J connectivity index is 1.24. The molecule has 2 saturated carbocycles. The summed E-state index contributed by atoms with van der Waals surface area (Å²) in [6, 6.07) is 3.41. The van der Waals surface area contributed by atoms with E-state index in [1.54, 1.807) is 23.0 Å². The van der Waals surface area contributed by atoms with Gasteiger partial charge in [-0.05, 0) is 56.6 Å². The first-order valence-corrected chi connectivity index (χ1v) is 14.5. The van der Waals surface area contributed by atoms with Gasteiger partial charge in [0.15, 0.2) is 11.4 Å². The highest BCUT2D eigenvalue weighted by Gasteiger charge is 2.28. The molecule has 2 fully saturated rings. The predicted molar refractivity (Wildman–Crippen MR) is 147 cm³/mol. The Morgan fingerprint density at radius 3 is 2.75 bits per heavy atom. The standard InChI is InChI=1S/C29H38F2N6O3/c1-2-3-6-18-9-11-20(12-10-18)37-16-22(26(36-37)27(30)31)34-28(39)23-17-40-29(35-23)19-13-14-32-25(15-19)33-21-7-4-5-8-24(21)38/h13-18,20-21,24,27,38H,2-12H2,1H3,(H,32,33)(H,34,39)/t18-,20-,21-,24+/m0/s1. The summed E-state index contributed by atoms with van der Waals surface area (Å²) >= 11 is 0. The molecule has 0 aliphatic heterocycles. The lowest BCUT2D eigenvalue weighted by Crippen LogP contribution is -2.36. The van der Waals surface area contributed by atoms with Gasteiger partial charge in [-0.25, -0.2) is 18.7 Å². The number of halogens is 2. The molecule has 1 amide bonds. The largest absolute Gasteiger partial charge is 0.444 e. The molecule has 2 aliphatic carbocycles. The zero-order valence-corrected chi connectivity index (χ0v) is 22.9. The first-order valence-electron chi connectivity index (χ1n) is 14.5. The lowest BCUT2D eigenvalue weighted by Gasteiger charge is -2.28. The molecular weight excluding hydrogens is 518 g/mol. The third-order valence-corrected chi connectivity index (χ3v) is 8.18. The Bertz CT molecular complexity index is 1270. The van der Waals surface area contributed by atoms with E-state index < -0.39 is 24.1 Å². The number of anilines is 2. The van der Waals surface area contributed by atoms with Crippen molar-refractivity contribution in [2.75, 3.05) is 10.6 Å². The average molecular weight is 557 g/mol. The molecule has 3 aromatic rings. The molecule has 0 unspecified atom stereocenters. The second-order valence-corrected chi connectivity index (χ2v) is 11.0. The Morgan fingerprint density at radius 1 is 1.20 bits per heavy atom. The van der Waals surface area contributed by atoms with Crippen LogP contribution < -0.4 is 10.6 Å². The van der Waals surface area contributed by atoms with Gasteiger partial charge in [0.2, 0.25) is 5.89 Å². The molecule has 0 radical (unpaired) electrons. The first-order chi connectivity index (χ1) is 19.4. The van der Waals surface area contributed by atoms with Crippen LogP contribution in [0.1, 0.15) is 106 Å². The summed E-state index contributed by atoms with van der Waals surface area (Å²) in [6.07, 6.45) is 12.2. The molecular formula is C29H38F2N6O3. The van der Waals surface area contributed by atoms with E-state index in [0.29, 0.717) is 17.3 Å². The molecule has 11 heteroatoms. The van der Waals surface area contributed by atoms with E-state index in [2.05, 4.69) is 32.6 Å². The molecule has 9 nitrogen and oxygen atoms in total. The fraction of sp³-hybridized carbons (Fsp3) is 0.586. The maximum absolute atomic E-state index is 13.8. The smallest absolute Gasteiger partial charge is 0.284 e. The molecule has 0 bridgehead atoms. The summed E-state index contributed by atoms with van der Waals surface area (Å²) in [7, 11) is 0. The number of unbranched alkanes of at least 4 members (excludes halogenated alkanes) is 1. The topological polar surface area (TPSA) is 118 Å². The van der Waals surface area contributed by atoms with Crippen molar-refractivity contribution in [1.29, 1.82) is 0 Å². The van der Waals surface area contributed by atoms with Gasteiger partial charge >= 0.3 is 0 Å². The number of hydrogen-bond donors (Lipinski definition) is 3. The summed E-state index contributed by atoms with van der Waals surface area (Å²) in [5, 5.41) is 20.2. The minimum atomic E-state index is -2.82. The minimum Gasteiger partial charge on any atom is -0.444 e. The van der Waals surface area contributed by atoms with Crippen molar-refractivity contribution in [3.8, 4) is 11.5 Å². The third kappa shape index (κ3) is 6.68. The zero-order valence-electron chi connectivity index (χ0n) is 22.9. The number of aromatic nitrogens is 4. The lowest BCUT2D eigenvalue weighted by atomic mass is 9.83. The van der Waals surface area contributed by atoms with Gasteiger partial charge in [-0.15, -0.1) is 0 Å². The fourth-order valence-electron chi connectivity index (χ4n) is 5.85. The van der Waals surface area contributed by atoms with E-state index in [4.69, 9.17) is 4.42 Å². The zero-order chi connectivity index (χ0) is 28.1. The summed E-state index contributed by atoms with van der Waals surface area (Å²) in [6.45, 7) is 2.19. The Kier molecular flexibility index (Phi) is 9.08. The number of nitrogens with one attached hydrogen (secondary N) is 2. The van der Waals surface area contributed by atoms with Gasteiger partial charge < -0.3 is 20.2 Å². The van der Waals surface area contributed by atoms with E-state index in [9.17, 15) is 18.7 Å². The third-order valence-electron chi connectivity index (χ3n) is 8.18. The SMILES string of the molecule is CCCC[C@H]1CC[C@H](n2cc(NC(=O)c3coc(-c4ccnc(N[C@H]5CCCC[C@H]5O)c4)n3)c(C(F)F)n2)CC1. The predicted octanol–water partition coefficient (Wildman–Crippen LogP) is 6.76. The summed E-state index contributed by atoms with van der Waals surface area (Å²) in [4.78, 5) is 21.6. The van der Waals surface area contributed by atoms with E-state index in [1.165, 1.54) is 31.7 Å². The van der Waals surface area contributed by atoms with Crippen molar-refractivity contribution in [2.45, 2.75) is 102 Å². The Morgan fingerprint density at radius 2 is 2.00 bits per heavy atom.